The van der Waals surface area contributed by atoms with Gasteiger partial charge in [0, 0.05) is 31.5 Å². The first-order chi connectivity index (χ1) is 11.7. The van der Waals surface area contributed by atoms with Gasteiger partial charge >= 0.3 is 0 Å². The summed E-state index contributed by atoms with van der Waals surface area (Å²) in [6, 6.07) is 12.4. The van der Waals surface area contributed by atoms with Gasteiger partial charge in [-0.2, -0.15) is 5.10 Å². The van der Waals surface area contributed by atoms with Gasteiger partial charge in [-0.25, -0.2) is 0 Å². The molecule has 1 aromatic carbocycles. The molecule has 24 heavy (non-hydrogen) atoms. The number of fused-ring (bicyclic) bond motifs is 1. The molecule has 0 radical (unpaired) electrons. The monoisotopic (exact) mass is 322 g/mol. The van der Waals surface area contributed by atoms with Crippen LogP contribution in [0.2, 0.25) is 0 Å². The number of aromatic nitrogens is 3. The van der Waals surface area contributed by atoms with E-state index in [1.807, 2.05) is 51.8 Å². The van der Waals surface area contributed by atoms with E-state index < -0.39 is 0 Å². The molecule has 0 spiro atoms. The van der Waals surface area contributed by atoms with E-state index in [0.717, 1.165) is 37.0 Å². The Morgan fingerprint density at radius 1 is 1.21 bits per heavy atom. The topological polar surface area (TPSA) is 43.1 Å². The largest absolute Gasteiger partial charge is 0.338 e. The first-order valence-electron chi connectivity index (χ1n) is 8.55. The maximum absolute atomic E-state index is 13.0. The summed E-state index contributed by atoms with van der Waals surface area (Å²) in [4.78, 5) is 15.0. The number of likely N-dealkylation sites (tertiary alicyclic amines) is 1. The van der Waals surface area contributed by atoms with E-state index in [1.54, 1.807) is 0 Å². The molecule has 1 atom stereocenters. The van der Waals surface area contributed by atoms with Crippen LogP contribution < -0.4 is 0 Å². The average Bonchev–Trinajstić information content (AvgIpc) is 3.21. The number of carbonyl (C=O) groups is 1. The van der Waals surface area contributed by atoms with E-state index in [9.17, 15) is 4.79 Å². The normalized spacial score (nSPS) is 18.2. The second-order valence-electron chi connectivity index (χ2n) is 6.48. The van der Waals surface area contributed by atoms with Crippen LogP contribution in [-0.4, -0.2) is 31.7 Å². The highest BCUT2D eigenvalue weighted by molar-refractivity contribution is 5.83. The van der Waals surface area contributed by atoms with Gasteiger partial charge in [-0.3, -0.25) is 9.48 Å². The Kier molecular flexibility index (Phi) is 3.84. The summed E-state index contributed by atoms with van der Waals surface area (Å²) in [7, 11) is 1.95. The van der Waals surface area contributed by atoms with E-state index in [-0.39, 0.29) is 11.9 Å². The summed E-state index contributed by atoms with van der Waals surface area (Å²) >= 11 is 0. The number of aryl methyl sites for hydroxylation is 1. The van der Waals surface area contributed by atoms with Gasteiger partial charge < -0.3 is 9.47 Å². The maximum Gasteiger partial charge on any atom is 0.243 e. The Morgan fingerprint density at radius 2 is 2.08 bits per heavy atom. The number of para-hydroxylation sites is 1. The fourth-order valence-corrected chi connectivity index (χ4v) is 3.76. The minimum Gasteiger partial charge on any atom is -0.338 e. The Labute approximate surface area is 141 Å². The summed E-state index contributed by atoms with van der Waals surface area (Å²) < 4.78 is 3.94. The molecular weight excluding hydrogens is 300 g/mol. The lowest BCUT2D eigenvalue weighted by Crippen LogP contribution is -2.41. The molecule has 0 aliphatic carbocycles. The van der Waals surface area contributed by atoms with Crippen LogP contribution in [0.25, 0.3) is 10.9 Å². The van der Waals surface area contributed by atoms with Crippen molar-refractivity contribution < 1.29 is 4.79 Å². The number of hydrogen-bond donors (Lipinski definition) is 0. The minimum absolute atomic E-state index is 0.139. The highest BCUT2D eigenvalue weighted by Gasteiger charge is 2.29. The fraction of sp³-hybridized carbons (Fsp3) is 0.368. The van der Waals surface area contributed by atoms with Crippen molar-refractivity contribution in [1.29, 1.82) is 0 Å². The minimum atomic E-state index is 0.139. The van der Waals surface area contributed by atoms with Crippen LogP contribution in [0.4, 0.5) is 0 Å². The van der Waals surface area contributed by atoms with Gasteiger partial charge in [0.15, 0.2) is 0 Å². The van der Waals surface area contributed by atoms with Crippen LogP contribution in [0, 0.1) is 0 Å². The van der Waals surface area contributed by atoms with Crippen LogP contribution in [0.15, 0.2) is 48.8 Å². The first-order valence-corrected chi connectivity index (χ1v) is 8.55. The summed E-state index contributed by atoms with van der Waals surface area (Å²) in [5.74, 6) is 0.183. The Bertz CT molecular complexity index is 863. The molecule has 4 rings (SSSR count). The number of rotatable bonds is 3. The van der Waals surface area contributed by atoms with Gasteiger partial charge in [0.2, 0.25) is 5.91 Å². The molecule has 1 unspecified atom stereocenters. The van der Waals surface area contributed by atoms with Gasteiger partial charge in [0.1, 0.15) is 6.54 Å². The van der Waals surface area contributed by atoms with E-state index in [1.165, 1.54) is 5.39 Å². The smallest absolute Gasteiger partial charge is 0.243 e. The number of hydrogen-bond acceptors (Lipinski definition) is 2. The van der Waals surface area contributed by atoms with E-state index in [0.29, 0.717) is 6.54 Å². The highest BCUT2D eigenvalue weighted by Crippen LogP contribution is 2.31. The zero-order chi connectivity index (χ0) is 16.5. The van der Waals surface area contributed by atoms with E-state index in [2.05, 4.69) is 23.3 Å². The predicted molar refractivity (Wildman–Crippen MR) is 93.5 cm³/mol. The maximum atomic E-state index is 13.0. The number of carbonyl (C=O) groups excluding carboxylic acids is 1. The number of nitrogens with zero attached hydrogens (tertiary/aromatic N) is 4. The van der Waals surface area contributed by atoms with Crippen molar-refractivity contribution in [2.45, 2.75) is 31.8 Å². The SMILES string of the molecule is Cn1nccc1C1CCCCN1C(=O)Cn1ccc2ccccc21. The first kappa shape index (κ1) is 15.0. The second kappa shape index (κ2) is 6.15. The highest BCUT2D eigenvalue weighted by atomic mass is 16.2. The Morgan fingerprint density at radius 3 is 2.92 bits per heavy atom. The molecule has 0 bridgehead atoms. The van der Waals surface area contributed by atoms with E-state index >= 15 is 0 Å². The molecule has 0 N–H and O–H groups in total. The summed E-state index contributed by atoms with van der Waals surface area (Å²) in [6.07, 6.45) is 7.06. The summed E-state index contributed by atoms with van der Waals surface area (Å²) in [5, 5.41) is 5.45. The number of benzene rings is 1. The third-order valence-electron chi connectivity index (χ3n) is 5.01. The standard InChI is InChI=1S/C19H22N4O/c1-21-17(9-11-20-21)18-8-4-5-12-23(18)19(24)14-22-13-10-15-6-2-3-7-16(15)22/h2-3,6-7,9-11,13,18H,4-5,8,12,14H2,1H3. The second-order valence-corrected chi connectivity index (χ2v) is 6.48. The molecule has 5 nitrogen and oxygen atoms in total. The van der Waals surface area contributed by atoms with E-state index in [4.69, 9.17) is 0 Å². The van der Waals surface area contributed by atoms with Gasteiger partial charge in [-0.05, 0) is 42.8 Å². The molecule has 3 aromatic rings. The molecule has 3 heterocycles. The van der Waals surface area contributed by atoms with Crippen molar-refractivity contribution in [3.05, 3.63) is 54.5 Å². The van der Waals surface area contributed by atoms with Crippen molar-refractivity contribution in [1.82, 2.24) is 19.2 Å². The van der Waals surface area contributed by atoms with Crippen molar-refractivity contribution in [2.75, 3.05) is 6.54 Å². The lowest BCUT2D eigenvalue weighted by molar-refractivity contribution is -0.135. The quantitative estimate of drug-likeness (QED) is 0.743. The molecule has 1 saturated heterocycles. The zero-order valence-corrected chi connectivity index (χ0v) is 13.9. The number of amides is 1. The van der Waals surface area contributed by atoms with Gasteiger partial charge in [0.25, 0.3) is 0 Å². The van der Waals surface area contributed by atoms with Crippen molar-refractivity contribution in [3.8, 4) is 0 Å². The Hall–Kier alpha value is -2.56. The predicted octanol–water partition coefficient (Wildman–Crippen LogP) is 3.13. The van der Waals surface area contributed by atoms with Gasteiger partial charge in [-0.15, -0.1) is 0 Å². The lowest BCUT2D eigenvalue weighted by Gasteiger charge is -2.36. The lowest BCUT2D eigenvalue weighted by atomic mass is 9.99. The van der Waals surface area contributed by atoms with Crippen LogP contribution in [0.5, 0.6) is 0 Å². The molecule has 1 aliphatic heterocycles. The summed E-state index contributed by atoms with van der Waals surface area (Å²) in [6.45, 7) is 1.22. The molecule has 1 amide bonds. The molecule has 2 aromatic heterocycles. The fourth-order valence-electron chi connectivity index (χ4n) is 3.76. The van der Waals surface area contributed by atoms with Gasteiger partial charge in [0.05, 0.1) is 11.7 Å². The molecule has 1 aliphatic rings. The van der Waals surface area contributed by atoms with Crippen molar-refractivity contribution in [3.63, 3.8) is 0 Å². The average molecular weight is 322 g/mol. The van der Waals surface area contributed by atoms with Gasteiger partial charge in [-0.1, -0.05) is 18.2 Å². The van der Waals surface area contributed by atoms with Crippen LogP contribution >= 0.6 is 0 Å². The van der Waals surface area contributed by atoms with Crippen LogP contribution in [0.1, 0.15) is 31.0 Å². The Balaban J connectivity index is 1.59. The van der Waals surface area contributed by atoms with Crippen LogP contribution in [0.3, 0.4) is 0 Å². The third-order valence-corrected chi connectivity index (χ3v) is 5.01. The zero-order valence-electron chi connectivity index (χ0n) is 13.9. The number of piperidine rings is 1. The molecule has 1 fully saturated rings. The molecule has 0 saturated carbocycles. The third kappa shape index (κ3) is 2.60. The molecule has 5 heteroatoms. The van der Waals surface area contributed by atoms with Crippen LogP contribution in [-0.2, 0) is 18.4 Å². The summed E-state index contributed by atoms with van der Waals surface area (Å²) in [5.41, 5.74) is 2.24. The van der Waals surface area contributed by atoms with Crippen molar-refractivity contribution >= 4 is 16.8 Å². The molecular formula is C19H22N4O. The molecule has 124 valence electrons. The van der Waals surface area contributed by atoms with Crippen molar-refractivity contribution in [2.24, 2.45) is 7.05 Å².